The zero-order valence-corrected chi connectivity index (χ0v) is 25.5. The first-order chi connectivity index (χ1) is 23.2. The maximum atomic E-state index is 5.18. The van der Waals surface area contributed by atoms with Crippen LogP contribution in [-0.2, 0) is 11.0 Å². The lowest BCUT2D eigenvalue weighted by Crippen LogP contribution is -2.49. The lowest BCUT2D eigenvalue weighted by molar-refractivity contribution is 0.563. The summed E-state index contributed by atoms with van der Waals surface area (Å²) in [7, 11) is 2.07. The van der Waals surface area contributed by atoms with E-state index < -0.39 is 11.0 Å². The van der Waals surface area contributed by atoms with Gasteiger partial charge in [-0.2, -0.15) is 5.10 Å². The second-order valence-corrected chi connectivity index (χ2v) is 12.4. The van der Waals surface area contributed by atoms with Gasteiger partial charge in [-0.25, -0.2) is 9.97 Å². The molecule has 1 aliphatic heterocycles. The molecule has 2 aliphatic carbocycles. The van der Waals surface area contributed by atoms with Gasteiger partial charge in [0.05, 0.1) is 23.8 Å². The van der Waals surface area contributed by atoms with E-state index in [9.17, 15) is 0 Å². The predicted octanol–water partition coefficient (Wildman–Crippen LogP) is 6.54. The molecule has 1 N–H and O–H groups in total. The fourth-order valence-corrected chi connectivity index (χ4v) is 8.44. The highest BCUT2D eigenvalue weighted by Crippen LogP contribution is 2.59. The summed E-state index contributed by atoms with van der Waals surface area (Å²) >= 11 is 0. The minimum atomic E-state index is -0.793. The molecule has 47 heavy (non-hydrogen) atoms. The van der Waals surface area contributed by atoms with Gasteiger partial charge >= 0.3 is 0 Å². The van der Waals surface area contributed by atoms with Crippen LogP contribution in [0.3, 0.4) is 0 Å². The molecule has 0 saturated heterocycles. The Kier molecular flexibility index (Phi) is 5.24. The van der Waals surface area contributed by atoms with Crippen molar-refractivity contribution >= 4 is 11.6 Å². The number of nitrogens with one attached hydrogen (secondary N) is 1. The second-order valence-electron chi connectivity index (χ2n) is 12.4. The molecule has 2 unspecified atom stereocenters. The predicted molar refractivity (Wildman–Crippen MR) is 181 cm³/mol. The van der Waals surface area contributed by atoms with Crippen molar-refractivity contribution in [3.63, 3.8) is 0 Å². The van der Waals surface area contributed by atoms with Crippen molar-refractivity contribution in [1.82, 2.24) is 30.1 Å². The molecule has 0 fully saturated rings. The van der Waals surface area contributed by atoms with Crippen molar-refractivity contribution in [2.75, 3.05) is 23.5 Å². The molecule has 3 aromatic carbocycles. The molecule has 224 valence electrons. The molecule has 0 saturated carbocycles. The van der Waals surface area contributed by atoms with E-state index in [-0.39, 0.29) is 0 Å². The van der Waals surface area contributed by atoms with E-state index in [1.165, 1.54) is 22.3 Å². The average molecular weight is 609 g/mol. The number of nitrogens with zero attached hydrogens (tertiary/aromatic N) is 7. The maximum Gasteiger partial charge on any atom is 0.174 e. The number of hydrogen-bond donors (Lipinski definition) is 1. The Morgan fingerprint density at radius 2 is 1.23 bits per heavy atom. The van der Waals surface area contributed by atoms with Crippen molar-refractivity contribution in [3.05, 3.63) is 173 Å². The van der Waals surface area contributed by atoms with Gasteiger partial charge in [-0.15, -0.1) is 0 Å². The molecule has 2 atom stereocenters. The Morgan fingerprint density at radius 1 is 0.574 bits per heavy atom. The number of aromatic amines is 1. The molecule has 0 spiro atoms. The Balaban J connectivity index is 1.32. The highest BCUT2D eigenvalue weighted by Gasteiger charge is 2.55. The van der Waals surface area contributed by atoms with Crippen LogP contribution in [0.5, 0.6) is 0 Å². The molecule has 0 radical (unpaired) electrons. The van der Waals surface area contributed by atoms with E-state index in [0.29, 0.717) is 6.67 Å². The molecule has 4 aromatic heterocycles. The average Bonchev–Trinajstić information content (AvgIpc) is 3.91. The quantitative estimate of drug-likeness (QED) is 0.243. The largest absolute Gasteiger partial charge is 0.339 e. The first-order valence-electron chi connectivity index (χ1n) is 15.8. The summed E-state index contributed by atoms with van der Waals surface area (Å²) in [6.45, 7) is 0.590. The van der Waals surface area contributed by atoms with Crippen LogP contribution >= 0.6 is 0 Å². The van der Waals surface area contributed by atoms with E-state index in [1.807, 2.05) is 30.7 Å². The van der Waals surface area contributed by atoms with Gasteiger partial charge in [-0.1, -0.05) is 84.9 Å². The molecule has 8 nitrogen and oxygen atoms in total. The van der Waals surface area contributed by atoms with Crippen molar-refractivity contribution in [1.29, 1.82) is 0 Å². The van der Waals surface area contributed by atoms with Gasteiger partial charge in [-0.3, -0.25) is 15.1 Å². The second kappa shape index (κ2) is 9.43. The Morgan fingerprint density at radius 3 is 2.02 bits per heavy atom. The first kappa shape index (κ1) is 26.1. The summed E-state index contributed by atoms with van der Waals surface area (Å²) in [6, 6.07) is 36.8. The van der Waals surface area contributed by atoms with Crippen LogP contribution < -0.4 is 9.80 Å². The third-order valence-corrected chi connectivity index (χ3v) is 10.2. The van der Waals surface area contributed by atoms with Crippen LogP contribution in [0.4, 0.5) is 11.6 Å². The minimum absolute atomic E-state index is 0.590. The van der Waals surface area contributed by atoms with E-state index in [2.05, 4.69) is 118 Å². The van der Waals surface area contributed by atoms with Gasteiger partial charge in [0.15, 0.2) is 11.6 Å². The van der Waals surface area contributed by atoms with E-state index in [1.54, 1.807) is 12.4 Å². The Bertz CT molecular complexity index is 2260. The molecule has 0 amide bonds. The highest BCUT2D eigenvalue weighted by molar-refractivity contribution is 5.88. The molecular formula is C39H28N8. The van der Waals surface area contributed by atoms with E-state index in [0.717, 1.165) is 51.0 Å². The zero-order valence-electron chi connectivity index (χ0n) is 25.5. The number of benzene rings is 3. The molecule has 5 heterocycles. The van der Waals surface area contributed by atoms with E-state index >= 15 is 0 Å². The van der Waals surface area contributed by atoms with Crippen molar-refractivity contribution in [2.45, 2.75) is 11.0 Å². The molecule has 10 rings (SSSR count). The van der Waals surface area contributed by atoms with Crippen LogP contribution in [-0.4, -0.2) is 43.8 Å². The van der Waals surface area contributed by atoms with Crippen molar-refractivity contribution in [2.24, 2.45) is 0 Å². The van der Waals surface area contributed by atoms with Gasteiger partial charge in [0.25, 0.3) is 0 Å². The standard InChI is InChI=1S/C39H28N8/c1-46-24-47(37-36(46)42-21-22-43-37)39(32-16-5-3-12-28(32)30-14-8-19-41-35(30)39)26-10-6-9-25(23-26)38(33-17-20-44-45-33)31-15-4-2-11-27(31)29-13-7-18-40-34(29)38/h2-23H,24H2,1H3,(H,44,45). The number of rotatable bonds is 4. The molecular weight excluding hydrogens is 580 g/mol. The van der Waals surface area contributed by atoms with Gasteiger partial charge in [-0.05, 0) is 51.6 Å². The van der Waals surface area contributed by atoms with Gasteiger partial charge in [0.1, 0.15) is 11.0 Å². The molecule has 8 heteroatoms. The third-order valence-electron chi connectivity index (χ3n) is 10.2. The fraction of sp³-hybridized carbons (Fsp3) is 0.103. The minimum Gasteiger partial charge on any atom is -0.339 e. The lowest BCUT2D eigenvalue weighted by Gasteiger charge is -2.42. The fourth-order valence-electron chi connectivity index (χ4n) is 8.44. The topological polar surface area (TPSA) is 86.7 Å². The summed E-state index contributed by atoms with van der Waals surface area (Å²) in [4.78, 5) is 24.5. The number of pyridine rings is 2. The third kappa shape index (κ3) is 3.19. The smallest absolute Gasteiger partial charge is 0.174 e. The number of hydrogen-bond acceptors (Lipinski definition) is 7. The number of anilines is 2. The Labute approximate surface area is 271 Å². The first-order valence-corrected chi connectivity index (χ1v) is 15.8. The van der Waals surface area contributed by atoms with Crippen LogP contribution in [0, 0.1) is 0 Å². The summed E-state index contributed by atoms with van der Waals surface area (Å²) < 4.78 is 0. The highest BCUT2D eigenvalue weighted by atomic mass is 15.4. The number of aromatic nitrogens is 6. The Hall–Kier alpha value is -6.15. The number of fused-ring (bicyclic) bond motifs is 7. The normalized spacial score (nSPS) is 20.0. The van der Waals surface area contributed by atoms with Crippen LogP contribution in [0.25, 0.3) is 22.3 Å². The summed E-state index contributed by atoms with van der Waals surface area (Å²) in [6.07, 6.45) is 9.16. The number of H-pyrrole nitrogens is 1. The molecule has 7 aromatic rings. The van der Waals surface area contributed by atoms with Crippen LogP contribution in [0.1, 0.15) is 39.3 Å². The molecule has 3 aliphatic rings. The van der Waals surface area contributed by atoms with Gasteiger partial charge < -0.3 is 9.80 Å². The van der Waals surface area contributed by atoms with Gasteiger partial charge in [0, 0.05) is 49.2 Å². The van der Waals surface area contributed by atoms with Crippen molar-refractivity contribution < 1.29 is 0 Å². The van der Waals surface area contributed by atoms with Gasteiger partial charge in [0.2, 0.25) is 0 Å². The summed E-state index contributed by atoms with van der Waals surface area (Å²) in [5, 5.41) is 7.83. The lowest BCUT2D eigenvalue weighted by atomic mass is 9.70. The summed E-state index contributed by atoms with van der Waals surface area (Å²) in [5.41, 5.74) is 10.5. The summed E-state index contributed by atoms with van der Waals surface area (Å²) in [5.74, 6) is 1.68. The maximum absolute atomic E-state index is 5.18. The van der Waals surface area contributed by atoms with E-state index in [4.69, 9.17) is 19.9 Å². The molecule has 0 bridgehead atoms. The van der Waals surface area contributed by atoms with Crippen molar-refractivity contribution in [3.8, 4) is 22.3 Å². The van der Waals surface area contributed by atoms with Crippen LogP contribution in [0.2, 0.25) is 0 Å². The monoisotopic (exact) mass is 608 g/mol. The van der Waals surface area contributed by atoms with Crippen LogP contribution in [0.15, 0.2) is 134 Å². The SMILES string of the molecule is CN1CN(C2(c3cccc(C4(c5ccn[nH]5)c5ccccc5-c5cccnc54)c3)c3ccccc3-c3cccnc32)c2nccnc21. The zero-order chi connectivity index (χ0) is 31.2.